The van der Waals surface area contributed by atoms with Crippen LogP contribution in [0.2, 0.25) is 0 Å². The van der Waals surface area contributed by atoms with Crippen molar-refractivity contribution in [2.24, 2.45) is 7.05 Å². The minimum atomic E-state index is -0.503. The second-order valence-corrected chi connectivity index (χ2v) is 7.03. The number of amides is 2. The molecule has 0 bridgehead atoms. The van der Waals surface area contributed by atoms with E-state index in [9.17, 15) is 14.0 Å². The van der Waals surface area contributed by atoms with Crippen LogP contribution in [0.1, 0.15) is 22.3 Å². The number of nitrogens with zero attached hydrogens (tertiary/aromatic N) is 3. The standard InChI is InChI=1S/C22H23FN4O2/c1-26(2)20(28)9-6-15-4-7-19(8-5-15)25-22(29)17-12-16(13-18(23)14-17)21-24-10-11-27(21)3/h4-5,7-8,10-14H,6,9H2,1-3H3,(H,25,29). The van der Waals surface area contributed by atoms with Gasteiger partial charge in [0.1, 0.15) is 11.6 Å². The Bertz CT molecular complexity index is 1030. The molecule has 0 spiro atoms. The van der Waals surface area contributed by atoms with Crippen molar-refractivity contribution in [3.05, 3.63) is 71.8 Å². The Morgan fingerprint density at radius 2 is 1.86 bits per heavy atom. The van der Waals surface area contributed by atoms with Crippen molar-refractivity contribution < 1.29 is 14.0 Å². The Labute approximate surface area is 169 Å². The molecule has 2 aromatic carbocycles. The second-order valence-electron chi connectivity index (χ2n) is 7.03. The first-order valence-electron chi connectivity index (χ1n) is 9.22. The van der Waals surface area contributed by atoms with E-state index in [4.69, 9.17) is 0 Å². The first-order valence-corrected chi connectivity index (χ1v) is 9.22. The van der Waals surface area contributed by atoms with Crippen LogP contribution in [0, 0.1) is 5.82 Å². The highest BCUT2D eigenvalue weighted by Crippen LogP contribution is 2.21. The van der Waals surface area contributed by atoms with E-state index < -0.39 is 11.7 Å². The molecule has 0 atom stereocenters. The predicted molar refractivity (Wildman–Crippen MR) is 110 cm³/mol. The summed E-state index contributed by atoms with van der Waals surface area (Å²) in [7, 11) is 5.26. The Balaban J connectivity index is 1.70. The van der Waals surface area contributed by atoms with Crippen LogP contribution in [-0.4, -0.2) is 40.4 Å². The van der Waals surface area contributed by atoms with Gasteiger partial charge in [0.15, 0.2) is 0 Å². The number of rotatable bonds is 6. The summed E-state index contributed by atoms with van der Waals surface area (Å²) < 4.78 is 15.8. The molecule has 0 radical (unpaired) electrons. The van der Waals surface area contributed by atoms with Crippen molar-refractivity contribution in [2.45, 2.75) is 12.8 Å². The predicted octanol–water partition coefficient (Wildman–Crippen LogP) is 3.50. The molecule has 0 aliphatic carbocycles. The molecule has 2 amide bonds. The number of carbonyl (C=O) groups excluding carboxylic acids is 2. The average molecular weight is 394 g/mol. The molecule has 29 heavy (non-hydrogen) atoms. The van der Waals surface area contributed by atoms with Gasteiger partial charge >= 0.3 is 0 Å². The first-order chi connectivity index (χ1) is 13.8. The summed E-state index contributed by atoms with van der Waals surface area (Å²) in [5, 5.41) is 2.77. The fourth-order valence-corrected chi connectivity index (χ4v) is 2.93. The lowest BCUT2D eigenvalue weighted by atomic mass is 10.1. The minimum Gasteiger partial charge on any atom is -0.349 e. The van der Waals surface area contributed by atoms with Crippen molar-refractivity contribution >= 4 is 17.5 Å². The largest absolute Gasteiger partial charge is 0.349 e. The molecule has 3 rings (SSSR count). The van der Waals surface area contributed by atoms with E-state index in [0.29, 0.717) is 29.9 Å². The maximum atomic E-state index is 14.1. The van der Waals surface area contributed by atoms with Crippen LogP contribution in [-0.2, 0) is 18.3 Å². The molecule has 1 N–H and O–H groups in total. The minimum absolute atomic E-state index is 0.0667. The van der Waals surface area contributed by atoms with Gasteiger partial charge in [-0.2, -0.15) is 0 Å². The number of anilines is 1. The summed E-state index contributed by atoms with van der Waals surface area (Å²) in [4.78, 5) is 30.0. The van der Waals surface area contributed by atoms with E-state index in [1.54, 1.807) is 61.2 Å². The summed E-state index contributed by atoms with van der Waals surface area (Å²) in [6.45, 7) is 0. The van der Waals surface area contributed by atoms with E-state index >= 15 is 0 Å². The molecule has 0 saturated carbocycles. The van der Waals surface area contributed by atoms with Crippen molar-refractivity contribution in [3.63, 3.8) is 0 Å². The summed E-state index contributed by atoms with van der Waals surface area (Å²) in [5.41, 5.74) is 2.34. The Morgan fingerprint density at radius 1 is 1.14 bits per heavy atom. The van der Waals surface area contributed by atoms with Crippen LogP contribution in [0.5, 0.6) is 0 Å². The molecule has 0 aliphatic rings. The molecule has 1 aromatic heterocycles. The van der Waals surface area contributed by atoms with Crippen LogP contribution in [0.4, 0.5) is 10.1 Å². The lowest BCUT2D eigenvalue weighted by Gasteiger charge is -2.11. The molecule has 150 valence electrons. The number of nitrogens with one attached hydrogen (secondary N) is 1. The number of imidazole rings is 1. The molecule has 3 aromatic rings. The molecule has 6 nitrogen and oxygen atoms in total. The first kappa shape index (κ1) is 20.3. The Kier molecular flexibility index (Phi) is 6.07. The van der Waals surface area contributed by atoms with E-state index in [1.807, 2.05) is 12.1 Å². The van der Waals surface area contributed by atoms with Gasteiger partial charge in [-0.3, -0.25) is 9.59 Å². The highest BCUT2D eigenvalue weighted by Gasteiger charge is 2.13. The van der Waals surface area contributed by atoms with Crippen LogP contribution in [0.15, 0.2) is 54.9 Å². The SMILES string of the molecule is CN(C)C(=O)CCc1ccc(NC(=O)c2cc(F)cc(-c3nccn3C)c2)cc1. The quantitative estimate of drug-likeness (QED) is 0.696. The zero-order valence-corrected chi connectivity index (χ0v) is 16.6. The van der Waals surface area contributed by atoms with Crippen molar-refractivity contribution in [2.75, 3.05) is 19.4 Å². The van der Waals surface area contributed by atoms with Gasteiger partial charge in [-0.05, 0) is 42.3 Å². The Morgan fingerprint density at radius 3 is 2.48 bits per heavy atom. The maximum Gasteiger partial charge on any atom is 0.255 e. The zero-order valence-electron chi connectivity index (χ0n) is 16.6. The molecule has 7 heteroatoms. The number of aryl methyl sites for hydroxylation is 2. The van der Waals surface area contributed by atoms with E-state index in [2.05, 4.69) is 10.3 Å². The highest BCUT2D eigenvalue weighted by atomic mass is 19.1. The number of aromatic nitrogens is 2. The number of hydrogen-bond donors (Lipinski definition) is 1. The lowest BCUT2D eigenvalue weighted by molar-refractivity contribution is -0.128. The van der Waals surface area contributed by atoms with Crippen LogP contribution in [0.25, 0.3) is 11.4 Å². The van der Waals surface area contributed by atoms with Crippen LogP contribution < -0.4 is 5.32 Å². The lowest BCUT2D eigenvalue weighted by Crippen LogP contribution is -2.21. The van der Waals surface area contributed by atoms with Gasteiger partial charge in [-0.1, -0.05) is 12.1 Å². The average Bonchev–Trinajstić information content (AvgIpc) is 3.12. The summed E-state index contributed by atoms with van der Waals surface area (Å²) in [5.74, 6) is -0.265. The topological polar surface area (TPSA) is 67.2 Å². The Hall–Kier alpha value is -3.48. The van der Waals surface area contributed by atoms with Gasteiger partial charge in [-0.25, -0.2) is 9.37 Å². The molecule has 1 heterocycles. The summed E-state index contributed by atoms with van der Waals surface area (Å²) in [6, 6.07) is 11.4. The highest BCUT2D eigenvalue weighted by molar-refractivity contribution is 6.04. The zero-order chi connectivity index (χ0) is 21.0. The third kappa shape index (κ3) is 5.07. The van der Waals surface area contributed by atoms with E-state index in [0.717, 1.165) is 5.56 Å². The molecule has 0 aliphatic heterocycles. The third-order valence-corrected chi connectivity index (χ3v) is 4.58. The van der Waals surface area contributed by atoms with Crippen LogP contribution in [0.3, 0.4) is 0 Å². The third-order valence-electron chi connectivity index (χ3n) is 4.58. The van der Waals surface area contributed by atoms with Crippen molar-refractivity contribution in [3.8, 4) is 11.4 Å². The number of carbonyl (C=O) groups is 2. The van der Waals surface area contributed by atoms with Gasteiger partial charge in [0.05, 0.1) is 0 Å². The van der Waals surface area contributed by atoms with Crippen LogP contribution >= 0.6 is 0 Å². The van der Waals surface area contributed by atoms with Gasteiger partial charge in [0.2, 0.25) is 5.91 Å². The normalized spacial score (nSPS) is 10.6. The monoisotopic (exact) mass is 394 g/mol. The van der Waals surface area contributed by atoms with E-state index in [1.165, 1.54) is 12.1 Å². The van der Waals surface area contributed by atoms with Gasteiger partial charge in [0.25, 0.3) is 5.91 Å². The molecule has 0 fully saturated rings. The summed E-state index contributed by atoms with van der Waals surface area (Å²) >= 11 is 0. The molecular weight excluding hydrogens is 371 g/mol. The molecular formula is C22H23FN4O2. The van der Waals surface area contributed by atoms with Crippen molar-refractivity contribution in [1.29, 1.82) is 0 Å². The maximum absolute atomic E-state index is 14.1. The van der Waals surface area contributed by atoms with Gasteiger partial charge in [-0.15, -0.1) is 0 Å². The fraction of sp³-hybridized carbons (Fsp3) is 0.227. The summed E-state index contributed by atoms with van der Waals surface area (Å²) in [6.07, 6.45) is 4.43. The van der Waals surface area contributed by atoms with Gasteiger partial charge < -0.3 is 14.8 Å². The molecule has 0 saturated heterocycles. The number of halogens is 1. The van der Waals surface area contributed by atoms with Crippen molar-refractivity contribution in [1.82, 2.24) is 14.5 Å². The van der Waals surface area contributed by atoms with E-state index in [-0.39, 0.29) is 11.5 Å². The number of hydrogen-bond acceptors (Lipinski definition) is 3. The second kappa shape index (κ2) is 8.68. The smallest absolute Gasteiger partial charge is 0.255 e. The van der Waals surface area contributed by atoms with Gasteiger partial charge in [0, 0.05) is 56.8 Å². The number of benzene rings is 2. The molecule has 0 unspecified atom stereocenters. The fourth-order valence-electron chi connectivity index (χ4n) is 2.93.